The van der Waals surface area contributed by atoms with Gasteiger partial charge < -0.3 is 35.4 Å². The van der Waals surface area contributed by atoms with Crippen molar-refractivity contribution >= 4 is 11.6 Å². The number of aliphatic hydroxyl groups is 1. The number of nitrogens with one attached hydrogen (secondary N) is 3. The van der Waals surface area contributed by atoms with Crippen molar-refractivity contribution in [3.8, 4) is 17.1 Å². The first-order valence-corrected chi connectivity index (χ1v) is 12.6. The van der Waals surface area contributed by atoms with E-state index in [-0.39, 0.29) is 12.1 Å². The van der Waals surface area contributed by atoms with Crippen LogP contribution in [0, 0.1) is 6.92 Å². The summed E-state index contributed by atoms with van der Waals surface area (Å²) in [6.45, 7) is 11.5. The molecule has 0 amide bonds. The van der Waals surface area contributed by atoms with Crippen LogP contribution in [0.3, 0.4) is 0 Å². The molecule has 1 atom stereocenters. The molecule has 2 aliphatic rings. The van der Waals surface area contributed by atoms with E-state index in [0.29, 0.717) is 24.2 Å². The predicted octanol–water partition coefficient (Wildman–Crippen LogP) is 2.19. The maximum Gasteiger partial charge on any atom is 0.164 e. The van der Waals surface area contributed by atoms with Crippen molar-refractivity contribution in [2.75, 3.05) is 63.3 Å². The van der Waals surface area contributed by atoms with Crippen molar-refractivity contribution in [1.82, 2.24) is 20.6 Å². The number of benzene rings is 1. The number of hydrogen-bond acceptors (Lipinski definition) is 9. The second-order valence-electron chi connectivity index (χ2n) is 10.2. The molecule has 3 heterocycles. The highest BCUT2D eigenvalue weighted by Gasteiger charge is 2.29. The summed E-state index contributed by atoms with van der Waals surface area (Å²) >= 11 is 0. The number of piperazine rings is 1. The van der Waals surface area contributed by atoms with Gasteiger partial charge >= 0.3 is 0 Å². The highest BCUT2D eigenvalue weighted by atomic mass is 16.5. The standard InChI is InChI=1S/C26H40N6O3/c1-18-23(29-20-8-12-34-13-9-20)30-24(31-25(18)32-11-10-28-26(2,3)17-32)19-6-5-7-22(14-19)35-16-21(33)15-27-4/h5-7,14,20-21,27-28,33H,8-13,15-17H2,1-4H3,(H,29,30,31). The minimum absolute atomic E-state index is 0.00599. The van der Waals surface area contributed by atoms with Crippen LogP contribution in [0.2, 0.25) is 0 Å². The van der Waals surface area contributed by atoms with Gasteiger partial charge in [0, 0.05) is 62.1 Å². The van der Waals surface area contributed by atoms with E-state index < -0.39 is 6.10 Å². The third-order valence-electron chi connectivity index (χ3n) is 6.53. The Balaban J connectivity index is 1.65. The first kappa shape index (κ1) is 25.6. The third-order valence-corrected chi connectivity index (χ3v) is 6.53. The fourth-order valence-corrected chi connectivity index (χ4v) is 4.65. The molecule has 0 spiro atoms. The highest BCUT2D eigenvalue weighted by molar-refractivity contribution is 5.67. The summed E-state index contributed by atoms with van der Waals surface area (Å²) in [4.78, 5) is 12.4. The van der Waals surface area contributed by atoms with Crippen LogP contribution in [0.25, 0.3) is 11.4 Å². The molecular formula is C26H40N6O3. The summed E-state index contributed by atoms with van der Waals surface area (Å²) in [5, 5.41) is 20.2. The minimum Gasteiger partial charge on any atom is -0.491 e. The van der Waals surface area contributed by atoms with E-state index in [1.54, 1.807) is 0 Å². The highest BCUT2D eigenvalue weighted by Crippen LogP contribution is 2.31. The van der Waals surface area contributed by atoms with E-state index in [0.717, 1.165) is 68.5 Å². The molecule has 4 N–H and O–H groups in total. The molecule has 2 aromatic rings. The Morgan fingerprint density at radius 1 is 1.29 bits per heavy atom. The molecule has 2 aliphatic heterocycles. The van der Waals surface area contributed by atoms with Gasteiger partial charge in [-0.2, -0.15) is 0 Å². The lowest BCUT2D eigenvalue weighted by Gasteiger charge is -2.40. The fraction of sp³-hybridized carbons (Fsp3) is 0.615. The lowest BCUT2D eigenvalue weighted by atomic mass is 10.0. The van der Waals surface area contributed by atoms with Gasteiger partial charge in [0.25, 0.3) is 0 Å². The van der Waals surface area contributed by atoms with Crippen molar-refractivity contribution in [1.29, 1.82) is 0 Å². The molecule has 0 radical (unpaired) electrons. The van der Waals surface area contributed by atoms with E-state index in [1.807, 2.05) is 31.3 Å². The van der Waals surface area contributed by atoms with Gasteiger partial charge in [-0.1, -0.05) is 12.1 Å². The second-order valence-corrected chi connectivity index (χ2v) is 10.2. The van der Waals surface area contributed by atoms with Gasteiger partial charge in [0.15, 0.2) is 5.82 Å². The van der Waals surface area contributed by atoms with Crippen LogP contribution in [0.1, 0.15) is 32.3 Å². The molecule has 1 aromatic carbocycles. The van der Waals surface area contributed by atoms with Crippen molar-refractivity contribution in [2.24, 2.45) is 0 Å². The Bertz CT molecular complexity index is 980. The Hall–Kier alpha value is -2.46. The number of likely N-dealkylation sites (N-methyl/N-ethyl adjacent to an activating group) is 1. The van der Waals surface area contributed by atoms with Gasteiger partial charge in [-0.25, -0.2) is 9.97 Å². The minimum atomic E-state index is -0.572. The zero-order valence-corrected chi connectivity index (χ0v) is 21.4. The molecule has 2 fully saturated rings. The molecule has 1 aromatic heterocycles. The first-order chi connectivity index (χ1) is 16.8. The maximum atomic E-state index is 10.0. The molecule has 192 valence electrons. The van der Waals surface area contributed by atoms with E-state index >= 15 is 0 Å². The molecule has 9 nitrogen and oxygen atoms in total. The number of hydrogen-bond donors (Lipinski definition) is 4. The smallest absolute Gasteiger partial charge is 0.164 e. The third kappa shape index (κ3) is 6.82. The van der Waals surface area contributed by atoms with Crippen molar-refractivity contribution < 1.29 is 14.6 Å². The van der Waals surface area contributed by atoms with Gasteiger partial charge in [-0.05, 0) is 52.8 Å². The zero-order valence-electron chi connectivity index (χ0n) is 21.4. The van der Waals surface area contributed by atoms with Gasteiger partial charge in [0.1, 0.15) is 30.1 Å². The Labute approximate surface area is 208 Å². The molecule has 1 unspecified atom stereocenters. The average Bonchev–Trinajstić information content (AvgIpc) is 2.84. The van der Waals surface area contributed by atoms with Gasteiger partial charge in [-0.3, -0.25) is 0 Å². The lowest BCUT2D eigenvalue weighted by Crippen LogP contribution is -2.57. The van der Waals surface area contributed by atoms with Crippen molar-refractivity contribution in [2.45, 2.75) is 51.3 Å². The monoisotopic (exact) mass is 484 g/mol. The summed E-state index contributed by atoms with van der Waals surface area (Å²) in [5.41, 5.74) is 1.96. The topological polar surface area (TPSA) is 104 Å². The quantitative estimate of drug-likeness (QED) is 0.426. The number of aromatic nitrogens is 2. The van der Waals surface area contributed by atoms with Crippen molar-refractivity contribution in [3.63, 3.8) is 0 Å². The molecule has 2 saturated heterocycles. The normalized spacial score (nSPS) is 19.4. The van der Waals surface area contributed by atoms with Crippen LogP contribution < -0.4 is 25.6 Å². The van der Waals surface area contributed by atoms with Crippen LogP contribution in [-0.4, -0.2) is 85.8 Å². The lowest BCUT2D eigenvalue weighted by molar-refractivity contribution is 0.0904. The number of rotatable bonds is 9. The van der Waals surface area contributed by atoms with Gasteiger partial charge in [0.05, 0.1) is 0 Å². The molecule has 4 rings (SSSR count). The molecule has 0 bridgehead atoms. The Kier molecular flexibility index (Phi) is 8.43. The molecule has 0 aliphatic carbocycles. The van der Waals surface area contributed by atoms with E-state index in [2.05, 4.69) is 41.6 Å². The summed E-state index contributed by atoms with van der Waals surface area (Å²) in [6, 6.07) is 8.12. The largest absolute Gasteiger partial charge is 0.491 e. The summed E-state index contributed by atoms with van der Waals surface area (Å²) in [7, 11) is 1.81. The molecule has 9 heteroatoms. The summed E-state index contributed by atoms with van der Waals surface area (Å²) < 4.78 is 11.4. The molecular weight excluding hydrogens is 444 g/mol. The zero-order chi connectivity index (χ0) is 24.8. The van der Waals surface area contributed by atoms with E-state index in [1.165, 1.54) is 0 Å². The van der Waals surface area contributed by atoms with Crippen molar-refractivity contribution in [3.05, 3.63) is 29.8 Å². The van der Waals surface area contributed by atoms with E-state index in [9.17, 15) is 5.11 Å². The van der Waals surface area contributed by atoms with E-state index in [4.69, 9.17) is 19.4 Å². The maximum absolute atomic E-state index is 10.0. The number of nitrogens with zero attached hydrogens (tertiary/aromatic N) is 3. The fourth-order valence-electron chi connectivity index (χ4n) is 4.65. The number of ether oxygens (including phenoxy) is 2. The summed E-state index contributed by atoms with van der Waals surface area (Å²) in [5.74, 6) is 3.20. The summed E-state index contributed by atoms with van der Waals surface area (Å²) in [6.07, 6.45) is 1.36. The molecule has 0 saturated carbocycles. The second kappa shape index (κ2) is 11.5. The Morgan fingerprint density at radius 2 is 2.09 bits per heavy atom. The SMILES string of the molecule is CNCC(O)COc1cccc(-c2nc(NC3CCOCC3)c(C)c(N3CCNC(C)(C)C3)n2)c1. The van der Waals surface area contributed by atoms with Crippen LogP contribution >= 0.6 is 0 Å². The van der Waals surface area contributed by atoms with Crippen LogP contribution in [0.15, 0.2) is 24.3 Å². The molecule has 35 heavy (non-hydrogen) atoms. The van der Waals surface area contributed by atoms with Gasteiger partial charge in [-0.15, -0.1) is 0 Å². The van der Waals surface area contributed by atoms with Crippen LogP contribution in [0.5, 0.6) is 5.75 Å². The first-order valence-electron chi connectivity index (χ1n) is 12.6. The van der Waals surface area contributed by atoms with Crippen LogP contribution in [0.4, 0.5) is 11.6 Å². The number of aliphatic hydroxyl groups excluding tert-OH is 1. The predicted molar refractivity (Wildman–Crippen MR) is 139 cm³/mol. The van der Waals surface area contributed by atoms with Gasteiger partial charge in [0.2, 0.25) is 0 Å². The Morgan fingerprint density at radius 3 is 2.83 bits per heavy atom. The number of anilines is 2. The van der Waals surface area contributed by atoms with Crippen LogP contribution in [-0.2, 0) is 4.74 Å². The average molecular weight is 485 g/mol.